The maximum Gasteiger partial charge on any atom is 0.271 e. The number of hydrogen-bond acceptors (Lipinski definition) is 4. The van der Waals surface area contributed by atoms with E-state index < -0.39 is 15.9 Å². The quantitative estimate of drug-likeness (QED) is 0.507. The molecule has 1 heterocycles. The van der Waals surface area contributed by atoms with E-state index in [4.69, 9.17) is 4.42 Å². The average Bonchev–Trinajstić information content (AvgIpc) is 3.09. The average molecular weight is 440 g/mol. The SMILES string of the molecule is CCCC(=O)N(c1ccc2oc3c(c2c1)CCCC3)S(=O)(=O)c1cc(C)c(C)cc1C. The summed E-state index contributed by atoms with van der Waals surface area (Å²) in [4.78, 5) is 13.3. The van der Waals surface area contributed by atoms with Gasteiger partial charge in [-0.25, -0.2) is 12.7 Å². The van der Waals surface area contributed by atoms with Gasteiger partial charge >= 0.3 is 0 Å². The molecule has 0 bridgehead atoms. The van der Waals surface area contributed by atoms with Crippen LogP contribution in [0.3, 0.4) is 0 Å². The lowest BCUT2D eigenvalue weighted by Gasteiger charge is -2.24. The van der Waals surface area contributed by atoms with E-state index in [2.05, 4.69) is 0 Å². The van der Waals surface area contributed by atoms with Crippen LogP contribution in [0.15, 0.2) is 39.6 Å². The number of amides is 1. The zero-order valence-electron chi connectivity index (χ0n) is 18.6. The summed E-state index contributed by atoms with van der Waals surface area (Å²) in [6.07, 6.45) is 4.73. The number of sulfonamides is 1. The van der Waals surface area contributed by atoms with Crippen molar-refractivity contribution in [1.82, 2.24) is 0 Å². The van der Waals surface area contributed by atoms with Crippen molar-refractivity contribution in [3.63, 3.8) is 0 Å². The number of carbonyl (C=O) groups excluding carboxylic acids is 1. The van der Waals surface area contributed by atoms with E-state index in [9.17, 15) is 13.2 Å². The van der Waals surface area contributed by atoms with Gasteiger partial charge in [-0.05, 0) is 87.4 Å². The highest BCUT2D eigenvalue weighted by Gasteiger charge is 2.32. The normalized spacial score (nSPS) is 13.9. The van der Waals surface area contributed by atoms with Gasteiger partial charge in [0.25, 0.3) is 10.0 Å². The molecule has 164 valence electrons. The summed E-state index contributed by atoms with van der Waals surface area (Å²) < 4.78 is 34.6. The summed E-state index contributed by atoms with van der Waals surface area (Å²) in [6.45, 7) is 7.49. The van der Waals surface area contributed by atoms with Crippen LogP contribution in [0.25, 0.3) is 11.0 Å². The molecule has 0 saturated heterocycles. The topological polar surface area (TPSA) is 67.6 Å². The molecule has 3 aromatic rings. The molecule has 2 aromatic carbocycles. The Morgan fingerprint density at radius 2 is 1.71 bits per heavy atom. The lowest BCUT2D eigenvalue weighted by molar-refractivity contribution is -0.117. The van der Waals surface area contributed by atoms with Crippen LogP contribution in [0.4, 0.5) is 5.69 Å². The zero-order chi connectivity index (χ0) is 22.3. The molecule has 0 radical (unpaired) electrons. The van der Waals surface area contributed by atoms with Crippen LogP contribution in [0.2, 0.25) is 0 Å². The lowest BCUT2D eigenvalue weighted by atomic mass is 9.96. The predicted molar refractivity (Wildman–Crippen MR) is 123 cm³/mol. The molecule has 0 unspecified atom stereocenters. The molecule has 1 aliphatic carbocycles. The van der Waals surface area contributed by atoms with E-state index in [1.54, 1.807) is 25.1 Å². The molecule has 0 saturated carbocycles. The molecule has 4 rings (SSSR count). The molecule has 0 aliphatic heterocycles. The number of fused-ring (bicyclic) bond motifs is 3. The minimum atomic E-state index is -4.07. The summed E-state index contributed by atoms with van der Waals surface area (Å²) in [5.74, 6) is 0.564. The van der Waals surface area contributed by atoms with E-state index in [1.165, 1.54) is 0 Å². The second-order valence-electron chi connectivity index (χ2n) is 8.51. The first-order valence-corrected chi connectivity index (χ1v) is 12.4. The van der Waals surface area contributed by atoms with Crippen molar-refractivity contribution in [3.8, 4) is 0 Å². The Morgan fingerprint density at radius 3 is 2.45 bits per heavy atom. The van der Waals surface area contributed by atoms with Gasteiger partial charge in [-0.15, -0.1) is 0 Å². The molecule has 0 fully saturated rings. The van der Waals surface area contributed by atoms with Crippen LogP contribution in [0.1, 0.15) is 60.6 Å². The Labute approximate surface area is 184 Å². The zero-order valence-corrected chi connectivity index (χ0v) is 19.4. The monoisotopic (exact) mass is 439 g/mol. The highest BCUT2D eigenvalue weighted by atomic mass is 32.2. The third kappa shape index (κ3) is 3.78. The maximum absolute atomic E-state index is 13.8. The molecule has 6 heteroatoms. The molecule has 5 nitrogen and oxygen atoms in total. The fourth-order valence-corrected chi connectivity index (χ4v) is 6.16. The van der Waals surface area contributed by atoms with Crippen LogP contribution < -0.4 is 4.31 Å². The number of furan rings is 1. The van der Waals surface area contributed by atoms with E-state index in [-0.39, 0.29) is 11.3 Å². The van der Waals surface area contributed by atoms with Crippen molar-refractivity contribution >= 4 is 32.6 Å². The first kappa shape index (κ1) is 21.6. The van der Waals surface area contributed by atoms with Crippen molar-refractivity contribution in [3.05, 3.63) is 58.3 Å². The number of anilines is 1. The first-order valence-electron chi connectivity index (χ1n) is 10.9. The number of hydrogen-bond donors (Lipinski definition) is 0. The fourth-order valence-electron chi connectivity index (χ4n) is 4.42. The fraction of sp³-hybridized carbons (Fsp3) is 0.400. The first-order chi connectivity index (χ1) is 14.7. The Kier molecular flexibility index (Phi) is 5.69. The highest BCUT2D eigenvalue weighted by molar-refractivity contribution is 7.93. The Hall–Kier alpha value is -2.60. The maximum atomic E-state index is 13.8. The smallest absolute Gasteiger partial charge is 0.271 e. The van der Waals surface area contributed by atoms with E-state index >= 15 is 0 Å². The van der Waals surface area contributed by atoms with Gasteiger partial charge in [0.2, 0.25) is 5.91 Å². The van der Waals surface area contributed by atoms with E-state index in [0.717, 1.165) is 63.4 Å². The van der Waals surface area contributed by atoms with Crippen molar-refractivity contribution < 1.29 is 17.6 Å². The Bertz CT molecular complexity index is 1270. The molecule has 1 amide bonds. The lowest BCUT2D eigenvalue weighted by Crippen LogP contribution is -2.37. The van der Waals surface area contributed by atoms with Gasteiger partial charge in [-0.2, -0.15) is 0 Å². The molecule has 0 atom stereocenters. The van der Waals surface area contributed by atoms with Crippen LogP contribution in [-0.2, 0) is 27.7 Å². The van der Waals surface area contributed by atoms with E-state index in [1.807, 2.05) is 32.9 Å². The van der Waals surface area contributed by atoms with E-state index in [0.29, 0.717) is 17.7 Å². The molecule has 0 N–H and O–H groups in total. The van der Waals surface area contributed by atoms with Gasteiger partial charge in [-0.3, -0.25) is 4.79 Å². The van der Waals surface area contributed by atoms with Gasteiger partial charge in [0.05, 0.1) is 10.6 Å². The van der Waals surface area contributed by atoms with Crippen LogP contribution in [-0.4, -0.2) is 14.3 Å². The third-order valence-electron chi connectivity index (χ3n) is 6.17. The minimum Gasteiger partial charge on any atom is -0.461 e. The van der Waals surface area contributed by atoms with Gasteiger partial charge < -0.3 is 4.42 Å². The summed E-state index contributed by atoms with van der Waals surface area (Å²) in [5.41, 5.74) is 4.81. The van der Waals surface area contributed by atoms with Crippen molar-refractivity contribution in [1.29, 1.82) is 0 Å². The molecular weight excluding hydrogens is 410 g/mol. The summed E-state index contributed by atoms with van der Waals surface area (Å²) in [5, 5.41) is 0.911. The van der Waals surface area contributed by atoms with Crippen LogP contribution >= 0.6 is 0 Å². The second kappa shape index (κ2) is 8.15. The minimum absolute atomic E-state index is 0.157. The number of carbonyl (C=O) groups is 1. The van der Waals surface area contributed by atoms with Crippen molar-refractivity contribution in [2.24, 2.45) is 0 Å². The molecule has 31 heavy (non-hydrogen) atoms. The highest BCUT2D eigenvalue weighted by Crippen LogP contribution is 2.36. The van der Waals surface area contributed by atoms with Crippen molar-refractivity contribution in [2.75, 3.05) is 4.31 Å². The molecule has 1 aromatic heterocycles. The van der Waals surface area contributed by atoms with Gasteiger partial charge in [-0.1, -0.05) is 13.0 Å². The van der Waals surface area contributed by atoms with Gasteiger partial charge in [0, 0.05) is 23.8 Å². The number of benzene rings is 2. The number of aryl methyl sites for hydroxylation is 5. The second-order valence-corrected chi connectivity index (χ2v) is 10.3. The van der Waals surface area contributed by atoms with Crippen LogP contribution in [0, 0.1) is 20.8 Å². The summed E-state index contributed by atoms with van der Waals surface area (Å²) >= 11 is 0. The Balaban J connectivity index is 1.89. The third-order valence-corrected chi connectivity index (χ3v) is 8.06. The van der Waals surface area contributed by atoms with Crippen LogP contribution in [0.5, 0.6) is 0 Å². The van der Waals surface area contributed by atoms with Gasteiger partial charge in [0.1, 0.15) is 11.3 Å². The summed E-state index contributed by atoms with van der Waals surface area (Å²) in [7, 11) is -4.07. The number of rotatable bonds is 5. The Morgan fingerprint density at radius 1 is 1.00 bits per heavy atom. The largest absolute Gasteiger partial charge is 0.461 e. The molecule has 0 spiro atoms. The van der Waals surface area contributed by atoms with Crippen molar-refractivity contribution in [2.45, 2.75) is 71.1 Å². The predicted octanol–water partition coefficient (Wildman–Crippen LogP) is 5.76. The molecular formula is C25H29NO4S. The molecule has 1 aliphatic rings. The number of nitrogens with zero attached hydrogens (tertiary/aromatic N) is 1. The summed E-state index contributed by atoms with van der Waals surface area (Å²) in [6, 6.07) is 8.81. The standard InChI is InChI=1S/C25H29NO4S/c1-5-8-25(27)26(31(28,29)24-14-17(3)16(2)13-18(24)4)19-11-12-23-21(15-19)20-9-6-7-10-22(20)30-23/h11-15H,5-10H2,1-4H3. The van der Waals surface area contributed by atoms with Gasteiger partial charge in [0.15, 0.2) is 0 Å².